The molecule has 1 aliphatic rings. The van der Waals surface area contributed by atoms with Crippen molar-refractivity contribution in [1.29, 1.82) is 5.26 Å². The fourth-order valence-electron chi connectivity index (χ4n) is 2.99. The van der Waals surface area contributed by atoms with Gasteiger partial charge < -0.3 is 0 Å². The van der Waals surface area contributed by atoms with Crippen molar-refractivity contribution in [2.75, 3.05) is 0 Å². The van der Waals surface area contributed by atoms with Gasteiger partial charge in [-0.25, -0.2) is 4.68 Å². The third kappa shape index (κ3) is 1.82. The van der Waals surface area contributed by atoms with Crippen LogP contribution in [0.25, 0.3) is 16.5 Å². The average Bonchev–Trinajstić information content (AvgIpc) is 2.88. The normalized spacial score (nSPS) is 14.8. The van der Waals surface area contributed by atoms with Gasteiger partial charge in [-0.2, -0.15) is 5.26 Å². The summed E-state index contributed by atoms with van der Waals surface area (Å²) in [6.45, 7) is 0. The Morgan fingerprint density at radius 2 is 1.90 bits per heavy atom. The molecular formula is C17H14N4. The van der Waals surface area contributed by atoms with E-state index in [9.17, 15) is 5.26 Å². The van der Waals surface area contributed by atoms with Crippen molar-refractivity contribution in [2.24, 2.45) is 0 Å². The molecule has 0 aliphatic heterocycles. The van der Waals surface area contributed by atoms with Gasteiger partial charge in [0.15, 0.2) is 5.69 Å². The lowest BCUT2D eigenvalue weighted by molar-refractivity contribution is 0.403. The van der Waals surface area contributed by atoms with E-state index in [-0.39, 0.29) is 0 Å². The number of nitriles is 1. The monoisotopic (exact) mass is 274 g/mol. The Morgan fingerprint density at radius 3 is 2.67 bits per heavy atom. The zero-order valence-corrected chi connectivity index (χ0v) is 11.5. The van der Waals surface area contributed by atoms with Crippen molar-refractivity contribution in [3.05, 3.63) is 53.9 Å². The minimum absolute atomic E-state index is 0.411. The number of hydrogen-bond donors (Lipinski definition) is 0. The van der Waals surface area contributed by atoms with Crippen LogP contribution in [0.15, 0.2) is 42.5 Å². The maximum atomic E-state index is 9.29. The van der Waals surface area contributed by atoms with Gasteiger partial charge in [-0.15, -0.1) is 5.10 Å². The van der Waals surface area contributed by atoms with Gasteiger partial charge in [0.05, 0.1) is 11.4 Å². The van der Waals surface area contributed by atoms with E-state index in [0.717, 1.165) is 29.6 Å². The smallest absolute Gasteiger partial charge is 0.186 e. The van der Waals surface area contributed by atoms with Crippen molar-refractivity contribution in [1.82, 2.24) is 15.0 Å². The molecule has 0 spiro atoms. The third-order valence-electron chi connectivity index (χ3n) is 4.30. The van der Waals surface area contributed by atoms with Crippen LogP contribution in [0.1, 0.15) is 36.6 Å². The summed E-state index contributed by atoms with van der Waals surface area (Å²) in [4.78, 5) is 0. The van der Waals surface area contributed by atoms with Gasteiger partial charge in [0.1, 0.15) is 6.07 Å². The maximum absolute atomic E-state index is 9.29. The maximum Gasteiger partial charge on any atom is 0.186 e. The summed E-state index contributed by atoms with van der Waals surface area (Å²) in [6, 6.07) is 16.6. The van der Waals surface area contributed by atoms with Crippen molar-refractivity contribution < 1.29 is 0 Å². The molecule has 21 heavy (non-hydrogen) atoms. The van der Waals surface area contributed by atoms with Crippen LogP contribution in [0.2, 0.25) is 0 Å². The first-order valence-corrected chi connectivity index (χ1v) is 7.22. The second-order valence-corrected chi connectivity index (χ2v) is 5.47. The summed E-state index contributed by atoms with van der Waals surface area (Å²) in [5, 5.41) is 19.9. The standard InChI is InChI=1S/C17H14N4/c18-11-15-17(13-7-3-8-13)21(20-19-15)16-10-4-6-12-5-1-2-9-14(12)16/h1-2,4-6,9-10,13H,3,7-8H2. The zero-order valence-electron chi connectivity index (χ0n) is 11.5. The van der Waals surface area contributed by atoms with Crippen LogP contribution in [-0.2, 0) is 0 Å². The zero-order chi connectivity index (χ0) is 14.2. The molecular weight excluding hydrogens is 260 g/mol. The number of aromatic nitrogens is 3. The van der Waals surface area contributed by atoms with Crippen LogP contribution >= 0.6 is 0 Å². The van der Waals surface area contributed by atoms with Gasteiger partial charge in [-0.05, 0) is 24.3 Å². The molecule has 0 saturated heterocycles. The summed E-state index contributed by atoms with van der Waals surface area (Å²) < 4.78 is 1.87. The second kappa shape index (κ2) is 4.71. The van der Waals surface area contributed by atoms with E-state index in [1.807, 2.05) is 28.9 Å². The molecule has 0 unspecified atom stereocenters. The first-order chi connectivity index (χ1) is 10.4. The van der Waals surface area contributed by atoms with E-state index in [1.54, 1.807) is 0 Å². The van der Waals surface area contributed by atoms with Gasteiger partial charge in [0.25, 0.3) is 0 Å². The first-order valence-electron chi connectivity index (χ1n) is 7.22. The van der Waals surface area contributed by atoms with Crippen molar-refractivity contribution in [3.8, 4) is 11.8 Å². The molecule has 1 saturated carbocycles. The van der Waals surface area contributed by atoms with Crippen LogP contribution in [0, 0.1) is 11.3 Å². The highest BCUT2D eigenvalue weighted by atomic mass is 15.4. The van der Waals surface area contributed by atoms with E-state index in [0.29, 0.717) is 11.6 Å². The fourth-order valence-corrected chi connectivity index (χ4v) is 2.99. The molecule has 0 radical (unpaired) electrons. The molecule has 1 aromatic heterocycles. The molecule has 0 N–H and O–H groups in total. The minimum Gasteiger partial charge on any atom is -0.215 e. The molecule has 4 rings (SSSR count). The van der Waals surface area contributed by atoms with Gasteiger partial charge in [-0.1, -0.05) is 48.0 Å². The molecule has 4 heteroatoms. The Hall–Kier alpha value is -2.67. The summed E-state index contributed by atoms with van der Waals surface area (Å²) in [5.74, 6) is 0.411. The fraction of sp³-hybridized carbons (Fsp3) is 0.235. The van der Waals surface area contributed by atoms with Crippen molar-refractivity contribution in [3.63, 3.8) is 0 Å². The number of hydrogen-bond acceptors (Lipinski definition) is 3. The van der Waals surface area contributed by atoms with E-state index >= 15 is 0 Å². The van der Waals surface area contributed by atoms with Crippen LogP contribution < -0.4 is 0 Å². The number of rotatable bonds is 2. The van der Waals surface area contributed by atoms with Crippen LogP contribution in [0.5, 0.6) is 0 Å². The van der Waals surface area contributed by atoms with Gasteiger partial charge >= 0.3 is 0 Å². The van der Waals surface area contributed by atoms with Gasteiger partial charge in [0.2, 0.25) is 0 Å². The van der Waals surface area contributed by atoms with Crippen LogP contribution in [0.3, 0.4) is 0 Å². The number of fused-ring (bicyclic) bond motifs is 1. The molecule has 3 aromatic rings. The van der Waals surface area contributed by atoms with E-state index in [2.05, 4.69) is 34.6 Å². The molecule has 4 nitrogen and oxygen atoms in total. The highest BCUT2D eigenvalue weighted by Gasteiger charge is 2.28. The SMILES string of the molecule is N#Cc1nnn(-c2cccc3ccccc23)c1C1CCC1. The number of nitrogens with zero attached hydrogens (tertiary/aromatic N) is 4. The minimum atomic E-state index is 0.411. The predicted octanol–water partition coefficient (Wildman–Crippen LogP) is 3.56. The lowest BCUT2D eigenvalue weighted by Gasteiger charge is -2.26. The molecule has 1 heterocycles. The topological polar surface area (TPSA) is 54.5 Å². The molecule has 102 valence electrons. The molecule has 2 aromatic carbocycles. The van der Waals surface area contributed by atoms with Crippen LogP contribution in [0.4, 0.5) is 0 Å². The first kappa shape index (κ1) is 12.1. The molecule has 1 fully saturated rings. The Bertz CT molecular complexity index is 847. The second-order valence-electron chi connectivity index (χ2n) is 5.47. The van der Waals surface area contributed by atoms with Gasteiger partial charge in [-0.3, -0.25) is 0 Å². The van der Waals surface area contributed by atoms with Crippen LogP contribution in [-0.4, -0.2) is 15.0 Å². The van der Waals surface area contributed by atoms with E-state index in [4.69, 9.17) is 0 Å². The molecule has 1 aliphatic carbocycles. The van der Waals surface area contributed by atoms with Crippen molar-refractivity contribution >= 4 is 10.8 Å². The van der Waals surface area contributed by atoms with E-state index < -0.39 is 0 Å². The predicted molar refractivity (Wildman–Crippen MR) is 80.2 cm³/mol. The Morgan fingerprint density at radius 1 is 1.10 bits per heavy atom. The highest BCUT2D eigenvalue weighted by Crippen LogP contribution is 2.38. The van der Waals surface area contributed by atoms with Crippen molar-refractivity contribution in [2.45, 2.75) is 25.2 Å². The summed E-state index contributed by atoms with van der Waals surface area (Å²) in [5.41, 5.74) is 2.44. The molecule has 0 amide bonds. The molecule has 0 bridgehead atoms. The lowest BCUT2D eigenvalue weighted by Crippen LogP contribution is -2.15. The summed E-state index contributed by atoms with van der Waals surface area (Å²) >= 11 is 0. The Kier molecular flexibility index (Phi) is 2.71. The lowest BCUT2D eigenvalue weighted by atomic mass is 9.82. The largest absolute Gasteiger partial charge is 0.215 e. The average molecular weight is 274 g/mol. The van der Waals surface area contributed by atoms with E-state index in [1.165, 1.54) is 11.8 Å². The Balaban J connectivity index is 1.97. The summed E-state index contributed by atoms with van der Waals surface area (Å²) in [7, 11) is 0. The Labute approximate surface area is 122 Å². The molecule has 0 atom stereocenters. The quantitative estimate of drug-likeness (QED) is 0.718. The highest BCUT2D eigenvalue weighted by molar-refractivity contribution is 5.90. The number of benzene rings is 2. The van der Waals surface area contributed by atoms with Gasteiger partial charge in [0, 0.05) is 11.3 Å². The third-order valence-corrected chi connectivity index (χ3v) is 4.30. The summed E-state index contributed by atoms with van der Waals surface area (Å²) in [6.07, 6.45) is 3.45.